The first kappa shape index (κ1) is 27.1. The first-order chi connectivity index (χ1) is 15.0. The van der Waals surface area contributed by atoms with E-state index in [0.717, 1.165) is 0 Å². The SMILES string of the molecule is CC(C)OC(=O)OCOP(=O)(C/C=C/Cn1ccc(=O)[nH]c1=O)OCOC(=O)OC(C)C. The quantitative estimate of drug-likeness (QED) is 0.203. The Bertz CT molecular complexity index is 903. The van der Waals surface area contributed by atoms with Gasteiger partial charge in [-0.15, -0.1) is 0 Å². The predicted octanol–water partition coefficient (Wildman–Crippen LogP) is 2.36. The van der Waals surface area contributed by atoms with Crippen LogP contribution in [0.2, 0.25) is 0 Å². The first-order valence-corrected chi connectivity index (χ1v) is 11.2. The van der Waals surface area contributed by atoms with Gasteiger partial charge in [-0.25, -0.2) is 14.4 Å². The number of aromatic nitrogens is 2. The van der Waals surface area contributed by atoms with Gasteiger partial charge >= 0.3 is 25.6 Å². The lowest BCUT2D eigenvalue weighted by atomic mass is 10.5. The van der Waals surface area contributed by atoms with Crippen LogP contribution in [-0.2, 0) is 39.1 Å². The largest absolute Gasteiger partial charge is 0.510 e. The summed E-state index contributed by atoms with van der Waals surface area (Å²) in [5.41, 5.74) is -1.15. The van der Waals surface area contributed by atoms with Gasteiger partial charge in [-0.3, -0.25) is 28.0 Å². The number of rotatable bonds is 12. The molecule has 0 aliphatic heterocycles. The molecule has 0 saturated carbocycles. The van der Waals surface area contributed by atoms with Crippen molar-refractivity contribution in [2.75, 3.05) is 19.7 Å². The number of allylic oxidation sites excluding steroid dienone is 2. The molecule has 14 heteroatoms. The van der Waals surface area contributed by atoms with Crippen molar-refractivity contribution in [3.8, 4) is 0 Å². The van der Waals surface area contributed by atoms with Crippen molar-refractivity contribution in [1.82, 2.24) is 9.55 Å². The average Bonchev–Trinajstić information content (AvgIpc) is 2.65. The number of aromatic amines is 1. The highest BCUT2D eigenvalue weighted by Gasteiger charge is 2.25. The minimum atomic E-state index is -3.94. The van der Waals surface area contributed by atoms with E-state index in [2.05, 4.69) is 14.5 Å². The molecule has 0 aliphatic rings. The van der Waals surface area contributed by atoms with E-state index >= 15 is 0 Å². The van der Waals surface area contributed by atoms with Crippen LogP contribution in [0.4, 0.5) is 9.59 Å². The Kier molecular flexibility index (Phi) is 11.5. The summed E-state index contributed by atoms with van der Waals surface area (Å²) in [5.74, 6) is 0. The highest BCUT2D eigenvalue weighted by molar-refractivity contribution is 7.54. The molecule has 13 nitrogen and oxygen atoms in total. The molecule has 0 radical (unpaired) electrons. The maximum absolute atomic E-state index is 12.9. The molecule has 1 aromatic rings. The van der Waals surface area contributed by atoms with E-state index in [1.54, 1.807) is 27.7 Å². The van der Waals surface area contributed by atoms with Crippen LogP contribution in [0.15, 0.2) is 34.0 Å². The minimum Gasteiger partial charge on any atom is -0.432 e. The van der Waals surface area contributed by atoms with Crippen LogP contribution in [0.5, 0.6) is 0 Å². The molecule has 0 aliphatic carbocycles. The molecule has 1 aromatic heterocycles. The number of ether oxygens (including phenoxy) is 4. The number of nitrogens with zero attached hydrogens (tertiary/aromatic N) is 1. The van der Waals surface area contributed by atoms with Gasteiger partial charge in [0.2, 0.25) is 13.6 Å². The predicted molar refractivity (Wildman–Crippen MR) is 110 cm³/mol. The summed E-state index contributed by atoms with van der Waals surface area (Å²) in [7, 11) is -3.94. The molecular weight excluding hydrogens is 451 g/mol. The molecule has 0 spiro atoms. The van der Waals surface area contributed by atoms with E-state index in [9.17, 15) is 23.7 Å². The number of carbonyl (C=O) groups excluding carboxylic acids is 2. The van der Waals surface area contributed by atoms with E-state index in [4.69, 9.17) is 18.5 Å². The van der Waals surface area contributed by atoms with Crippen LogP contribution in [0, 0.1) is 0 Å². The Morgan fingerprint density at radius 3 is 2.00 bits per heavy atom. The summed E-state index contributed by atoms with van der Waals surface area (Å²) >= 11 is 0. The Hall–Kier alpha value is -2.89. The number of H-pyrrole nitrogens is 1. The first-order valence-electron chi connectivity index (χ1n) is 9.50. The second-order valence-corrected chi connectivity index (χ2v) is 8.75. The fourth-order valence-corrected chi connectivity index (χ4v) is 3.00. The van der Waals surface area contributed by atoms with Crippen molar-refractivity contribution in [2.24, 2.45) is 0 Å². The van der Waals surface area contributed by atoms with E-state index in [1.807, 2.05) is 0 Å². The highest BCUT2D eigenvalue weighted by atomic mass is 31.2. The molecule has 1 N–H and O–H groups in total. The van der Waals surface area contributed by atoms with Crippen molar-refractivity contribution in [3.05, 3.63) is 45.3 Å². The molecule has 0 bridgehead atoms. The van der Waals surface area contributed by atoms with Crippen LogP contribution < -0.4 is 11.2 Å². The normalized spacial score (nSPS) is 11.7. The maximum Gasteiger partial charge on any atom is 0.510 e. The van der Waals surface area contributed by atoms with Gasteiger partial charge in [-0.05, 0) is 27.7 Å². The highest BCUT2D eigenvalue weighted by Crippen LogP contribution is 2.48. The monoisotopic (exact) mass is 478 g/mol. The molecule has 180 valence electrons. The van der Waals surface area contributed by atoms with Gasteiger partial charge in [0.15, 0.2) is 0 Å². The van der Waals surface area contributed by atoms with Crippen LogP contribution in [0.25, 0.3) is 0 Å². The molecular formula is C18H27N2O11P. The second-order valence-electron chi connectivity index (χ2n) is 6.64. The molecule has 0 atom stereocenters. The molecule has 1 rings (SSSR count). The zero-order valence-corrected chi connectivity index (χ0v) is 19.1. The standard InChI is InChI=1S/C18H27N2O11P/c1-13(2)30-17(23)26-11-28-32(25,29-12-27-18(24)31-14(3)4)10-6-5-8-20-9-7-15(21)19-16(20)22/h5-7,9,13-14H,8,10-12H2,1-4H3,(H,19,21,22)/b6-5+. The fraction of sp³-hybridized carbons (Fsp3) is 0.556. The van der Waals surface area contributed by atoms with E-state index in [-0.39, 0.29) is 12.7 Å². The number of hydrogen-bond acceptors (Lipinski definition) is 11. The molecule has 0 aromatic carbocycles. The zero-order valence-electron chi connectivity index (χ0n) is 18.2. The summed E-state index contributed by atoms with van der Waals surface area (Å²) in [5, 5.41) is 0. The van der Waals surface area contributed by atoms with Crippen LogP contribution in [0.1, 0.15) is 27.7 Å². The van der Waals surface area contributed by atoms with Crippen molar-refractivity contribution in [3.63, 3.8) is 0 Å². The molecule has 1 heterocycles. The van der Waals surface area contributed by atoms with Gasteiger partial charge in [-0.1, -0.05) is 12.2 Å². The van der Waals surface area contributed by atoms with E-state index in [0.29, 0.717) is 0 Å². The Morgan fingerprint density at radius 2 is 1.53 bits per heavy atom. The lowest BCUT2D eigenvalue weighted by Crippen LogP contribution is -2.28. The summed E-state index contributed by atoms with van der Waals surface area (Å²) in [4.78, 5) is 47.6. The van der Waals surface area contributed by atoms with Gasteiger partial charge in [0.1, 0.15) is 0 Å². The molecule has 0 fully saturated rings. The number of hydrogen-bond donors (Lipinski definition) is 1. The summed E-state index contributed by atoms with van der Waals surface area (Å²) in [6.45, 7) is 5.03. The van der Waals surface area contributed by atoms with Gasteiger partial charge < -0.3 is 18.9 Å². The summed E-state index contributed by atoms with van der Waals surface area (Å²) < 4.78 is 43.0. The third-order valence-corrected chi connectivity index (χ3v) is 4.87. The topological polar surface area (TPSA) is 161 Å². The van der Waals surface area contributed by atoms with E-state index in [1.165, 1.54) is 29.0 Å². The Labute approximate surface area is 183 Å². The third-order valence-electron chi connectivity index (χ3n) is 3.21. The fourth-order valence-electron chi connectivity index (χ4n) is 1.88. The Balaban J connectivity index is 2.69. The molecule has 32 heavy (non-hydrogen) atoms. The minimum absolute atomic E-state index is 0.0596. The smallest absolute Gasteiger partial charge is 0.432 e. The van der Waals surface area contributed by atoms with Crippen LogP contribution >= 0.6 is 7.60 Å². The lowest BCUT2D eigenvalue weighted by molar-refractivity contribution is -0.0298. The molecule has 0 unspecified atom stereocenters. The third kappa shape index (κ3) is 11.5. The van der Waals surface area contributed by atoms with Crippen molar-refractivity contribution in [1.29, 1.82) is 0 Å². The van der Waals surface area contributed by atoms with Crippen molar-refractivity contribution < 1.29 is 42.1 Å². The molecule has 0 saturated heterocycles. The Morgan fingerprint density at radius 1 is 1.00 bits per heavy atom. The van der Waals surface area contributed by atoms with Gasteiger partial charge in [0, 0.05) is 18.8 Å². The lowest BCUT2D eigenvalue weighted by Gasteiger charge is -2.17. The number of nitrogens with one attached hydrogen (secondary N) is 1. The zero-order chi connectivity index (χ0) is 24.1. The van der Waals surface area contributed by atoms with Crippen LogP contribution in [0.3, 0.4) is 0 Å². The second kappa shape index (κ2) is 13.5. The van der Waals surface area contributed by atoms with Gasteiger partial charge in [0.05, 0.1) is 18.4 Å². The maximum atomic E-state index is 12.9. The van der Waals surface area contributed by atoms with Crippen LogP contribution in [-0.4, -0.2) is 53.8 Å². The summed E-state index contributed by atoms with van der Waals surface area (Å²) in [6, 6.07) is 1.17. The van der Waals surface area contributed by atoms with E-state index < -0.39 is 56.9 Å². The average molecular weight is 478 g/mol. The summed E-state index contributed by atoms with van der Waals surface area (Å²) in [6.07, 6.45) is 0.928. The van der Waals surface area contributed by atoms with Crippen molar-refractivity contribution in [2.45, 2.75) is 46.4 Å². The van der Waals surface area contributed by atoms with Gasteiger partial charge in [0.25, 0.3) is 5.56 Å². The van der Waals surface area contributed by atoms with Gasteiger partial charge in [-0.2, -0.15) is 0 Å². The van der Waals surface area contributed by atoms with Crippen molar-refractivity contribution >= 4 is 19.9 Å². The molecule has 0 amide bonds. The number of carbonyl (C=O) groups is 2.